The molecule has 1 aliphatic heterocycles. The molecule has 0 saturated carbocycles. The number of hydrogen-bond donors (Lipinski definition) is 6. The molecule has 4 unspecified atom stereocenters. The Hall–Kier alpha value is -0.360. The Balaban J connectivity index is 2.21. The molecule has 32 heavy (non-hydrogen) atoms. The summed E-state index contributed by atoms with van der Waals surface area (Å²) in [7, 11) is -17.1. The fourth-order valence-electron chi connectivity index (χ4n) is 2.57. The number of hydrogen-bond acceptors (Lipinski definition) is 10. The predicted molar refractivity (Wildman–Crippen MR) is 99.7 cm³/mol. The van der Waals surface area contributed by atoms with Gasteiger partial charge in [0, 0.05) is 6.20 Å². The topological polar surface area (TPSA) is 210 Å². The fraction of sp³-hybridized carbons (Fsp3) is 0.600. The Morgan fingerprint density at radius 2 is 1.72 bits per heavy atom. The maximum Gasteiger partial charge on any atom is 0.490 e. The number of aromatic nitrogens is 2. The van der Waals surface area contributed by atoms with Crippen molar-refractivity contribution in [2.45, 2.75) is 24.6 Å². The van der Waals surface area contributed by atoms with Crippen LogP contribution in [0.15, 0.2) is 12.3 Å². The van der Waals surface area contributed by atoms with Crippen molar-refractivity contribution in [1.82, 2.24) is 9.55 Å². The summed E-state index contributed by atoms with van der Waals surface area (Å²) in [6.07, 6.45) is -10.2. The Morgan fingerprint density at radius 3 is 2.22 bits per heavy atom. The number of alkyl halides is 3. The number of rotatable bonds is 8. The van der Waals surface area contributed by atoms with Gasteiger partial charge in [-0.3, -0.25) is 9.09 Å². The van der Waals surface area contributed by atoms with E-state index < -0.39 is 60.6 Å². The molecule has 14 nitrogen and oxygen atoms in total. The van der Waals surface area contributed by atoms with Crippen LogP contribution in [0.5, 0.6) is 0 Å². The Labute approximate surface area is 186 Å². The van der Waals surface area contributed by atoms with E-state index in [9.17, 15) is 36.9 Å². The van der Waals surface area contributed by atoms with Gasteiger partial charge in [-0.2, -0.15) is 21.8 Å². The highest BCUT2D eigenvalue weighted by Gasteiger charge is 2.58. The van der Waals surface area contributed by atoms with E-state index in [1.165, 1.54) is 6.07 Å². The van der Waals surface area contributed by atoms with Gasteiger partial charge in [-0.1, -0.05) is 12.2 Å². The minimum Gasteiger partial charge on any atom is -0.389 e. The first kappa shape index (κ1) is 27.9. The summed E-state index contributed by atoms with van der Waals surface area (Å²) in [5.74, 6) is -2.59. The molecule has 1 fully saturated rings. The molecule has 22 heteroatoms. The molecule has 1 aliphatic rings. The van der Waals surface area contributed by atoms with Crippen molar-refractivity contribution < 1.29 is 69.4 Å². The quantitative estimate of drug-likeness (QED) is 0.196. The van der Waals surface area contributed by atoms with Gasteiger partial charge in [0.25, 0.3) is 0 Å². The third-order valence-electron chi connectivity index (χ3n) is 3.69. The second kappa shape index (κ2) is 9.71. The second-order valence-electron chi connectivity index (χ2n) is 6.03. The van der Waals surface area contributed by atoms with Crippen LogP contribution in [0.25, 0.3) is 0 Å². The normalized spacial score (nSPS) is 28.2. The molecule has 1 saturated heterocycles. The summed E-state index contributed by atoms with van der Waals surface area (Å²) >= 11 is 9.69. The molecule has 0 amide bonds. The maximum atomic E-state index is 13.5. The molecule has 2 rings (SSSR count). The first-order valence-electron chi connectivity index (χ1n) is 7.81. The van der Waals surface area contributed by atoms with Gasteiger partial charge in [0.2, 0.25) is 0 Å². The van der Waals surface area contributed by atoms with Gasteiger partial charge in [-0.25, -0.2) is 13.7 Å². The number of phosphoric ester groups is 1. The largest absolute Gasteiger partial charge is 0.490 e. The third-order valence-corrected chi connectivity index (χ3v) is 8.05. The van der Waals surface area contributed by atoms with Crippen molar-refractivity contribution >= 4 is 47.9 Å². The number of aliphatic hydroxyl groups is 1. The molecule has 0 spiro atoms. The lowest BCUT2D eigenvalue weighted by atomic mass is 9.99. The van der Waals surface area contributed by atoms with Crippen LogP contribution in [0.1, 0.15) is 6.23 Å². The monoisotopic (exact) mass is 568 g/mol. The van der Waals surface area contributed by atoms with E-state index in [-0.39, 0.29) is 9.41 Å². The van der Waals surface area contributed by atoms with Crippen LogP contribution in [0.4, 0.5) is 13.2 Å². The van der Waals surface area contributed by atoms with Gasteiger partial charge in [0.05, 0.1) is 12.7 Å². The van der Waals surface area contributed by atoms with Crippen molar-refractivity contribution in [3.63, 3.8) is 0 Å². The molecule has 0 aliphatic carbocycles. The summed E-state index contributed by atoms with van der Waals surface area (Å²) in [5, 5.41) is 10.1. The number of phosphoric acid groups is 3. The predicted octanol–water partition coefficient (Wildman–Crippen LogP) is 2.06. The van der Waals surface area contributed by atoms with Gasteiger partial charge >= 0.3 is 29.6 Å². The first-order chi connectivity index (χ1) is 14.3. The van der Waals surface area contributed by atoms with Crippen LogP contribution in [0, 0.1) is 15.3 Å². The second-order valence-corrected chi connectivity index (χ2v) is 11.3. The lowest BCUT2D eigenvalue weighted by molar-refractivity contribution is -0.211. The number of nitrogens with one attached hydrogen (secondary N) is 1. The molecule has 0 aromatic carbocycles. The smallest absolute Gasteiger partial charge is 0.389 e. The molecule has 0 radical (unpaired) electrons. The van der Waals surface area contributed by atoms with Crippen LogP contribution < -0.4 is 0 Å². The zero-order chi connectivity index (χ0) is 24.7. The third kappa shape index (κ3) is 7.58. The van der Waals surface area contributed by atoms with Crippen LogP contribution in [-0.2, 0) is 31.6 Å². The molecule has 0 bridgehead atoms. The summed E-state index contributed by atoms with van der Waals surface area (Å²) in [5.41, 5.74) is 0. The van der Waals surface area contributed by atoms with E-state index in [0.717, 1.165) is 10.8 Å². The van der Waals surface area contributed by atoms with E-state index >= 15 is 0 Å². The van der Waals surface area contributed by atoms with Gasteiger partial charge in [0.15, 0.2) is 11.0 Å². The van der Waals surface area contributed by atoms with Crippen LogP contribution in [-0.4, -0.2) is 59.2 Å². The molecule has 2 heterocycles. The summed E-state index contributed by atoms with van der Waals surface area (Å²) in [6.45, 7) is -1.29. The summed E-state index contributed by atoms with van der Waals surface area (Å²) < 4.78 is 91.1. The molecule has 6 atom stereocenters. The lowest BCUT2D eigenvalue weighted by Crippen LogP contribution is -2.39. The number of ether oxygens (including phenoxy) is 1. The molecule has 1 aromatic rings. The van der Waals surface area contributed by atoms with Crippen LogP contribution >= 0.6 is 47.9 Å². The van der Waals surface area contributed by atoms with Gasteiger partial charge in [-0.05, 0) is 18.3 Å². The fourth-order valence-corrected chi connectivity index (χ4v) is 6.10. The SMILES string of the molecule is O=P(O)(O)OP(=O)(O)OP(=O)(O)OC[C@H]1O[C@@H](n2ccc(=S)[nH]c2=S)C(C(F)(F)F)C1O. The number of aliphatic hydroxyl groups excluding tert-OH is 1. The molecular formula is C10H14F3N2O12P3S2. The zero-order valence-corrected chi connectivity index (χ0v) is 19.3. The molecule has 6 N–H and O–H groups in total. The first-order valence-corrected chi connectivity index (χ1v) is 13.2. The van der Waals surface area contributed by atoms with Crippen LogP contribution in [0.2, 0.25) is 0 Å². The highest BCUT2D eigenvalue weighted by Crippen LogP contribution is 2.66. The van der Waals surface area contributed by atoms with E-state index in [4.69, 9.17) is 43.9 Å². The van der Waals surface area contributed by atoms with E-state index in [1.54, 1.807) is 0 Å². The van der Waals surface area contributed by atoms with Crippen molar-refractivity contribution in [1.29, 1.82) is 0 Å². The number of H-pyrrole nitrogens is 1. The average Bonchev–Trinajstić information content (AvgIpc) is 2.86. The lowest BCUT2D eigenvalue weighted by Gasteiger charge is -2.24. The minimum absolute atomic E-state index is 0.0950. The Kier molecular flexibility index (Phi) is 8.46. The molecular weight excluding hydrogens is 554 g/mol. The maximum absolute atomic E-state index is 13.5. The summed E-state index contributed by atoms with van der Waals surface area (Å²) in [6, 6.07) is 1.19. The van der Waals surface area contributed by atoms with E-state index in [1.807, 2.05) is 0 Å². The Morgan fingerprint density at radius 1 is 1.12 bits per heavy atom. The molecule has 1 aromatic heterocycles. The van der Waals surface area contributed by atoms with Gasteiger partial charge in [-0.15, -0.1) is 0 Å². The Bertz CT molecular complexity index is 1100. The summed E-state index contributed by atoms with van der Waals surface area (Å²) in [4.78, 5) is 37.8. The van der Waals surface area contributed by atoms with E-state index in [0.29, 0.717) is 0 Å². The average molecular weight is 568 g/mol. The van der Waals surface area contributed by atoms with Crippen molar-refractivity contribution in [3.8, 4) is 0 Å². The van der Waals surface area contributed by atoms with Gasteiger partial charge in [0.1, 0.15) is 16.7 Å². The van der Waals surface area contributed by atoms with Crippen molar-refractivity contribution in [3.05, 3.63) is 21.7 Å². The van der Waals surface area contributed by atoms with E-state index in [2.05, 4.69) is 18.1 Å². The highest BCUT2D eigenvalue weighted by atomic mass is 32.1. The van der Waals surface area contributed by atoms with Crippen molar-refractivity contribution in [2.24, 2.45) is 5.92 Å². The highest BCUT2D eigenvalue weighted by molar-refractivity contribution is 7.72. The standard InChI is InChI=1S/C10H14F3N2O12P3S2/c11-10(12,13)6-7(16)4(25-8(6)15-2-1-5(31)14-9(15)32)3-24-29(20,21)27-30(22,23)26-28(17,18)19/h1-2,4,6-8,16H,3H2,(H,20,21)(H,22,23)(H,14,31,32)(H2,17,18,19)/t4-,6?,7?,8-/m1/s1. The van der Waals surface area contributed by atoms with Gasteiger partial charge < -0.3 is 34.4 Å². The molecule has 184 valence electrons. The zero-order valence-electron chi connectivity index (χ0n) is 15.0. The van der Waals surface area contributed by atoms with Crippen LogP contribution in [0.3, 0.4) is 0 Å². The number of nitrogens with zero attached hydrogens (tertiary/aromatic N) is 1. The van der Waals surface area contributed by atoms with Crippen molar-refractivity contribution in [2.75, 3.05) is 6.61 Å². The number of aromatic amines is 1. The number of halogens is 3. The minimum atomic E-state index is -5.84.